The number of nitrogens with two attached hydrogens (primary N) is 1. The van der Waals surface area contributed by atoms with Gasteiger partial charge in [-0.3, -0.25) is 4.79 Å². The van der Waals surface area contributed by atoms with Crippen LogP contribution in [0.4, 0.5) is 4.39 Å². The normalized spacial score (nSPS) is 22.8. The number of halogens is 1. The molecule has 0 heterocycles. The molecule has 116 valence electrons. The predicted molar refractivity (Wildman–Crippen MR) is 76.7 cm³/mol. The number of amides is 1. The van der Waals surface area contributed by atoms with Crippen LogP contribution in [0.2, 0.25) is 0 Å². The van der Waals surface area contributed by atoms with E-state index >= 15 is 0 Å². The van der Waals surface area contributed by atoms with Crippen molar-refractivity contribution in [3.63, 3.8) is 0 Å². The molecule has 0 aliphatic heterocycles. The highest BCUT2D eigenvalue weighted by Crippen LogP contribution is 2.24. The average molecular weight is 314 g/mol. The molecule has 1 fully saturated rings. The number of sulfonamides is 1. The zero-order valence-corrected chi connectivity index (χ0v) is 12.6. The molecule has 2 rings (SSSR count). The number of carbonyl (C=O) groups excluding carboxylic acids is 1. The Kier molecular flexibility index (Phi) is 4.63. The molecule has 21 heavy (non-hydrogen) atoms. The number of hydrogen-bond donors (Lipinski definition) is 2. The zero-order valence-electron chi connectivity index (χ0n) is 11.8. The molecule has 1 aromatic rings. The maximum atomic E-state index is 13.4. The molecule has 7 heteroatoms. The summed E-state index contributed by atoms with van der Waals surface area (Å²) < 4.78 is 36.0. The number of benzene rings is 1. The molecule has 0 saturated heterocycles. The van der Waals surface area contributed by atoms with Gasteiger partial charge in [-0.15, -0.1) is 0 Å². The van der Waals surface area contributed by atoms with Gasteiger partial charge >= 0.3 is 0 Å². The summed E-state index contributed by atoms with van der Waals surface area (Å²) in [6.07, 6.45) is 4.00. The van der Waals surface area contributed by atoms with Crippen LogP contribution in [-0.2, 0) is 10.0 Å². The number of primary sulfonamides is 1. The maximum Gasteiger partial charge on any atom is 0.251 e. The lowest BCUT2D eigenvalue weighted by molar-refractivity contribution is 0.0921. The van der Waals surface area contributed by atoms with Gasteiger partial charge in [-0.05, 0) is 37.0 Å². The quantitative estimate of drug-likeness (QED) is 0.891. The van der Waals surface area contributed by atoms with Crippen molar-refractivity contribution >= 4 is 15.9 Å². The molecular formula is C14H19FN2O3S. The molecule has 1 saturated carbocycles. The number of hydrogen-bond acceptors (Lipinski definition) is 3. The molecule has 1 aromatic carbocycles. The van der Waals surface area contributed by atoms with Gasteiger partial charge in [-0.1, -0.05) is 19.8 Å². The van der Waals surface area contributed by atoms with Crippen LogP contribution in [0.1, 0.15) is 43.0 Å². The van der Waals surface area contributed by atoms with Gasteiger partial charge in [-0.25, -0.2) is 17.9 Å². The Morgan fingerprint density at radius 1 is 1.38 bits per heavy atom. The minimum absolute atomic E-state index is 0.0734. The van der Waals surface area contributed by atoms with Crippen molar-refractivity contribution in [3.05, 3.63) is 29.6 Å². The van der Waals surface area contributed by atoms with Gasteiger partial charge in [0.2, 0.25) is 10.0 Å². The van der Waals surface area contributed by atoms with Crippen molar-refractivity contribution in [2.75, 3.05) is 0 Å². The van der Waals surface area contributed by atoms with Crippen molar-refractivity contribution in [2.45, 2.75) is 43.5 Å². The van der Waals surface area contributed by atoms with Gasteiger partial charge < -0.3 is 5.32 Å². The molecule has 1 aliphatic carbocycles. The number of carbonyl (C=O) groups is 1. The molecule has 1 aliphatic rings. The van der Waals surface area contributed by atoms with Crippen molar-refractivity contribution in [2.24, 2.45) is 11.1 Å². The molecule has 2 unspecified atom stereocenters. The molecule has 2 atom stereocenters. The molecule has 5 nitrogen and oxygen atoms in total. The first-order valence-electron chi connectivity index (χ1n) is 6.90. The Morgan fingerprint density at radius 2 is 2.10 bits per heavy atom. The van der Waals surface area contributed by atoms with E-state index in [-0.39, 0.29) is 11.6 Å². The van der Waals surface area contributed by atoms with Crippen LogP contribution in [0.3, 0.4) is 0 Å². The van der Waals surface area contributed by atoms with Crippen molar-refractivity contribution in [1.82, 2.24) is 5.32 Å². The Hall–Kier alpha value is -1.47. The summed E-state index contributed by atoms with van der Waals surface area (Å²) in [4.78, 5) is 11.5. The number of rotatable bonds is 3. The summed E-state index contributed by atoms with van der Waals surface area (Å²) in [5, 5.41) is 7.80. The minimum Gasteiger partial charge on any atom is -0.349 e. The van der Waals surface area contributed by atoms with Gasteiger partial charge in [0.15, 0.2) is 0 Å². The molecule has 0 spiro atoms. The highest BCUT2D eigenvalue weighted by molar-refractivity contribution is 7.89. The predicted octanol–water partition coefficient (Wildman–Crippen LogP) is 1.78. The minimum atomic E-state index is -4.19. The fourth-order valence-corrected chi connectivity index (χ4v) is 3.33. The lowest BCUT2D eigenvalue weighted by atomic mass is 9.87. The van der Waals surface area contributed by atoms with E-state index in [1.165, 1.54) is 6.07 Å². The van der Waals surface area contributed by atoms with Gasteiger partial charge in [0, 0.05) is 11.6 Å². The molecule has 0 radical (unpaired) electrons. The van der Waals surface area contributed by atoms with Crippen molar-refractivity contribution in [3.8, 4) is 0 Å². The largest absolute Gasteiger partial charge is 0.349 e. The van der Waals surface area contributed by atoms with E-state index in [9.17, 15) is 17.6 Å². The van der Waals surface area contributed by atoms with Crippen LogP contribution in [0.5, 0.6) is 0 Å². The van der Waals surface area contributed by atoms with Gasteiger partial charge in [0.05, 0.1) is 0 Å². The van der Waals surface area contributed by atoms with Crippen LogP contribution in [0.25, 0.3) is 0 Å². The molecule has 1 amide bonds. The highest BCUT2D eigenvalue weighted by Gasteiger charge is 2.22. The van der Waals surface area contributed by atoms with E-state index in [0.717, 1.165) is 37.8 Å². The summed E-state index contributed by atoms with van der Waals surface area (Å²) in [6, 6.07) is 3.25. The summed E-state index contributed by atoms with van der Waals surface area (Å²) in [6.45, 7) is 2.13. The second-order valence-corrected chi connectivity index (χ2v) is 7.16. The third-order valence-corrected chi connectivity index (χ3v) is 4.70. The van der Waals surface area contributed by atoms with E-state index in [4.69, 9.17) is 5.14 Å². The summed E-state index contributed by atoms with van der Waals surface area (Å²) in [7, 11) is -4.19. The van der Waals surface area contributed by atoms with Gasteiger partial charge in [0.25, 0.3) is 5.91 Å². The summed E-state index contributed by atoms with van der Waals surface area (Å²) >= 11 is 0. The zero-order chi connectivity index (χ0) is 15.6. The first-order chi connectivity index (χ1) is 9.77. The molecule has 3 N–H and O–H groups in total. The Morgan fingerprint density at radius 3 is 2.71 bits per heavy atom. The highest BCUT2D eigenvalue weighted by atomic mass is 32.2. The number of nitrogens with one attached hydrogen (secondary N) is 1. The lowest BCUT2D eigenvalue weighted by Gasteiger charge is -2.27. The maximum absolute atomic E-state index is 13.4. The van der Waals surface area contributed by atoms with E-state index < -0.39 is 26.6 Å². The van der Waals surface area contributed by atoms with E-state index in [0.29, 0.717) is 5.92 Å². The smallest absolute Gasteiger partial charge is 0.251 e. The van der Waals surface area contributed by atoms with E-state index in [1.807, 2.05) is 0 Å². The van der Waals surface area contributed by atoms with Crippen molar-refractivity contribution < 1.29 is 17.6 Å². The first-order valence-corrected chi connectivity index (χ1v) is 8.45. The summed E-state index contributed by atoms with van der Waals surface area (Å²) in [5.41, 5.74) is 0.0960. The topological polar surface area (TPSA) is 89.3 Å². The fraction of sp³-hybridized carbons (Fsp3) is 0.500. The molecule has 0 aromatic heterocycles. The third-order valence-electron chi connectivity index (χ3n) is 3.77. The fourth-order valence-electron chi connectivity index (χ4n) is 2.70. The Balaban J connectivity index is 2.16. The van der Waals surface area contributed by atoms with Crippen LogP contribution < -0.4 is 10.5 Å². The molecular weight excluding hydrogens is 295 g/mol. The van der Waals surface area contributed by atoms with Crippen LogP contribution in [-0.4, -0.2) is 20.4 Å². The monoisotopic (exact) mass is 314 g/mol. The summed E-state index contributed by atoms with van der Waals surface area (Å²) in [5.74, 6) is -0.809. The lowest BCUT2D eigenvalue weighted by Crippen LogP contribution is -2.38. The first kappa shape index (κ1) is 15.9. The van der Waals surface area contributed by atoms with E-state index in [1.54, 1.807) is 0 Å². The van der Waals surface area contributed by atoms with Gasteiger partial charge in [-0.2, -0.15) is 0 Å². The van der Waals surface area contributed by atoms with Crippen LogP contribution in [0.15, 0.2) is 23.1 Å². The second-order valence-electron chi connectivity index (χ2n) is 5.63. The van der Waals surface area contributed by atoms with Crippen LogP contribution >= 0.6 is 0 Å². The standard InChI is InChI=1S/C14H19FN2O3S/c1-9-3-2-4-11(7-9)17-14(18)10-5-6-12(15)13(8-10)21(16,19)20/h5-6,8-9,11H,2-4,7H2,1H3,(H,17,18)(H2,16,19,20). The van der Waals surface area contributed by atoms with Gasteiger partial charge in [0.1, 0.15) is 10.7 Å². The van der Waals surface area contributed by atoms with Crippen molar-refractivity contribution in [1.29, 1.82) is 0 Å². The second kappa shape index (κ2) is 6.11. The Labute approximate surface area is 123 Å². The SMILES string of the molecule is CC1CCCC(NC(=O)c2ccc(F)c(S(N)(=O)=O)c2)C1. The third kappa shape index (κ3) is 4.01. The average Bonchev–Trinajstić information content (AvgIpc) is 2.37. The Bertz CT molecular complexity index is 646. The van der Waals surface area contributed by atoms with E-state index in [2.05, 4.69) is 12.2 Å². The molecule has 0 bridgehead atoms. The van der Waals surface area contributed by atoms with Crippen LogP contribution in [0, 0.1) is 11.7 Å².